The van der Waals surface area contributed by atoms with E-state index in [1.165, 1.54) is 0 Å². The lowest BCUT2D eigenvalue weighted by Crippen LogP contribution is -2.20. The molecule has 2 aromatic rings. The summed E-state index contributed by atoms with van der Waals surface area (Å²) < 4.78 is 5.45. The fourth-order valence-corrected chi connectivity index (χ4v) is 2.27. The van der Waals surface area contributed by atoms with Gasteiger partial charge in [-0.1, -0.05) is 0 Å². The zero-order valence-corrected chi connectivity index (χ0v) is 13.6. The Morgan fingerprint density at radius 1 is 1.13 bits per heavy atom. The summed E-state index contributed by atoms with van der Waals surface area (Å²) in [5.41, 5.74) is 2.80. The number of benzene rings is 2. The van der Waals surface area contributed by atoms with Gasteiger partial charge >= 0.3 is 0 Å². The average molecular weight is 316 g/mol. The van der Waals surface area contributed by atoms with Crippen LogP contribution in [0.25, 0.3) is 0 Å². The zero-order chi connectivity index (χ0) is 16.7. The first kappa shape index (κ1) is 17.0. The number of likely N-dealkylation sites (N-methyl/N-ethyl adjacent to an activating group) is 1. The van der Waals surface area contributed by atoms with Crippen LogP contribution in [0.5, 0.6) is 11.5 Å². The molecule has 0 aromatic heterocycles. The predicted molar refractivity (Wildman–Crippen MR) is 93.4 cm³/mol. The maximum Gasteiger partial charge on any atom is 0.120 e. The van der Waals surface area contributed by atoms with Crippen LogP contribution in [0.15, 0.2) is 42.5 Å². The summed E-state index contributed by atoms with van der Waals surface area (Å²) in [6, 6.07) is 13.2. The SMILES string of the molecule is CCOc1ccc(O)c(CNc2ccc(N(C)CCO)cc2)c1. The Labute approximate surface area is 137 Å². The van der Waals surface area contributed by atoms with Gasteiger partial charge in [0.25, 0.3) is 0 Å². The van der Waals surface area contributed by atoms with Crippen molar-refractivity contribution in [1.82, 2.24) is 0 Å². The average Bonchev–Trinajstić information content (AvgIpc) is 2.56. The van der Waals surface area contributed by atoms with Crippen LogP contribution < -0.4 is 15.0 Å². The second-order valence-corrected chi connectivity index (χ2v) is 5.27. The third kappa shape index (κ3) is 4.79. The molecule has 2 rings (SSSR count). The molecule has 124 valence electrons. The van der Waals surface area contributed by atoms with E-state index in [4.69, 9.17) is 9.84 Å². The topological polar surface area (TPSA) is 65.0 Å². The van der Waals surface area contributed by atoms with Crippen LogP contribution in [0.2, 0.25) is 0 Å². The molecule has 0 spiro atoms. The molecule has 0 fully saturated rings. The highest BCUT2D eigenvalue weighted by Gasteiger charge is 2.04. The second kappa shape index (κ2) is 8.29. The molecule has 2 aromatic carbocycles. The quantitative estimate of drug-likeness (QED) is 0.699. The number of aromatic hydroxyl groups is 1. The van der Waals surface area contributed by atoms with Gasteiger partial charge in [-0.15, -0.1) is 0 Å². The molecule has 0 aliphatic carbocycles. The first-order valence-corrected chi connectivity index (χ1v) is 7.74. The summed E-state index contributed by atoms with van der Waals surface area (Å²) in [5.74, 6) is 1.00. The van der Waals surface area contributed by atoms with Crippen molar-refractivity contribution >= 4 is 11.4 Å². The van der Waals surface area contributed by atoms with Gasteiger partial charge in [-0.25, -0.2) is 0 Å². The van der Waals surface area contributed by atoms with Crippen LogP contribution in [0.3, 0.4) is 0 Å². The molecule has 0 heterocycles. The second-order valence-electron chi connectivity index (χ2n) is 5.27. The lowest BCUT2D eigenvalue weighted by Gasteiger charge is -2.18. The third-order valence-corrected chi connectivity index (χ3v) is 3.59. The van der Waals surface area contributed by atoms with E-state index < -0.39 is 0 Å². The van der Waals surface area contributed by atoms with Gasteiger partial charge in [0.15, 0.2) is 0 Å². The highest BCUT2D eigenvalue weighted by Crippen LogP contribution is 2.24. The van der Waals surface area contributed by atoms with Crippen molar-refractivity contribution in [3.05, 3.63) is 48.0 Å². The minimum Gasteiger partial charge on any atom is -0.508 e. The van der Waals surface area contributed by atoms with E-state index >= 15 is 0 Å². The number of anilines is 2. The summed E-state index contributed by atoms with van der Waals surface area (Å²) in [6.45, 7) is 3.77. The number of aliphatic hydroxyl groups is 1. The van der Waals surface area contributed by atoms with Crippen LogP contribution >= 0.6 is 0 Å². The summed E-state index contributed by atoms with van der Waals surface area (Å²) in [6.07, 6.45) is 0. The van der Waals surface area contributed by atoms with Gasteiger partial charge in [0, 0.05) is 37.1 Å². The summed E-state index contributed by atoms with van der Waals surface area (Å²) in [4.78, 5) is 1.99. The minimum atomic E-state index is 0.131. The maximum atomic E-state index is 9.93. The molecular formula is C18H24N2O3. The number of phenolic OH excluding ortho intramolecular Hbond substituents is 1. The van der Waals surface area contributed by atoms with Crippen LogP contribution in [0.1, 0.15) is 12.5 Å². The number of phenols is 1. The van der Waals surface area contributed by atoms with E-state index in [1.54, 1.807) is 12.1 Å². The molecular weight excluding hydrogens is 292 g/mol. The summed E-state index contributed by atoms with van der Waals surface area (Å²) in [7, 11) is 1.94. The Balaban J connectivity index is 1.99. The molecule has 0 atom stereocenters. The van der Waals surface area contributed by atoms with Crippen molar-refractivity contribution in [2.45, 2.75) is 13.5 Å². The van der Waals surface area contributed by atoms with E-state index in [-0.39, 0.29) is 12.4 Å². The van der Waals surface area contributed by atoms with E-state index in [1.807, 2.05) is 49.2 Å². The highest BCUT2D eigenvalue weighted by molar-refractivity contribution is 5.55. The molecule has 5 nitrogen and oxygen atoms in total. The Hall–Kier alpha value is -2.40. The molecule has 0 saturated carbocycles. The summed E-state index contributed by atoms with van der Waals surface area (Å²) in [5, 5.41) is 22.2. The standard InChI is InChI=1S/C18H24N2O3/c1-3-23-17-8-9-18(22)14(12-17)13-19-15-4-6-16(7-5-15)20(2)10-11-21/h4-9,12,19,21-22H,3,10-11,13H2,1-2H3. The predicted octanol–water partition coefficient (Wildman–Crippen LogP) is 2.83. The molecule has 0 radical (unpaired) electrons. The fourth-order valence-electron chi connectivity index (χ4n) is 2.27. The molecule has 23 heavy (non-hydrogen) atoms. The Kier molecular flexibility index (Phi) is 6.11. The first-order valence-electron chi connectivity index (χ1n) is 7.74. The minimum absolute atomic E-state index is 0.131. The molecule has 3 N–H and O–H groups in total. The zero-order valence-electron chi connectivity index (χ0n) is 13.6. The normalized spacial score (nSPS) is 10.4. The van der Waals surface area contributed by atoms with Crippen molar-refractivity contribution in [2.75, 3.05) is 37.0 Å². The monoisotopic (exact) mass is 316 g/mol. The van der Waals surface area contributed by atoms with Crippen molar-refractivity contribution < 1.29 is 14.9 Å². The Morgan fingerprint density at radius 3 is 2.52 bits per heavy atom. The van der Waals surface area contributed by atoms with E-state index in [0.717, 1.165) is 22.7 Å². The van der Waals surface area contributed by atoms with Crippen molar-refractivity contribution in [1.29, 1.82) is 0 Å². The van der Waals surface area contributed by atoms with E-state index in [9.17, 15) is 5.11 Å². The van der Waals surface area contributed by atoms with Crippen LogP contribution in [0, 0.1) is 0 Å². The lowest BCUT2D eigenvalue weighted by atomic mass is 10.2. The molecule has 0 amide bonds. The number of rotatable bonds is 8. The molecule has 0 saturated heterocycles. The molecule has 0 bridgehead atoms. The Bertz CT molecular complexity index is 614. The Morgan fingerprint density at radius 2 is 1.87 bits per heavy atom. The van der Waals surface area contributed by atoms with Crippen molar-refractivity contribution in [2.24, 2.45) is 0 Å². The number of hydrogen-bond acceptors (Lipinski definition) is 5. The summed E-state index contributed by atoms with van der Waals surface area (Å²) >= 11 is 0. The van der Waals surface area contributed by atoms with Crippen molar-refractivity contribution in [3.8, 4) is 11.5 Å². The maximum absolute atomic E-state index is 9.93. The van der Waals surface area contributed by atoms with Crippen LogP contribution in [-0.2, 0) is 6.54 Å². The van der Waals surface area contributed by atoms with E-state index in [0.29, 0.717) is 19.7 Å². The van der Waals surface area contributed by atoms with Gasteiger partial charge in [-0.2, -0.15) is 0 Å². The van der Waals surface area contributed by atoms with E-state index in [2.05, 4.69) is 5.32 Å². The number of aliphatic hydroxyl groups excluding tert-OH is 1. The smallest absolute Gasteiger partial charge is 0.120 e. The van der Waals surface area contributed by atoms with Crippen molar-refractivity contribution in [3.63, 3.8) is 0 Å². The molecule has 0 unspecified atom stereocenters. The number of hydrogen-bond donors (Lipinski definition) is 3. The molecule has 0 aliphatic heterocycles. The number of nitrogens with one attached hydrogen (secondary N) is 1. The third-order valence-electron chi connectivity index (χ3n) is 3.59. The largest absolute Gasteiger partial charge is 0.508 e. The van der Waals surface area contributed by atoms with Gasteiger partial charge in [0.05, 0.1) is 13.2 Å². The highest BCUT2D eigenvalue weighted by atomic mass is 16.5. The van der Waals surface area contributed by atoms with Gasteiger partial charge in [0.2, 0.25) is 0 Å². The fraction of sp³-hybridized carbons (Fsp3) is 0.333. The van der Waals surface area contributed by atoms with Gasteiger partial charge in [-0.3, -0.25) is 0 Å². The van der Waals surface area contributed by atoms with Gasteiger partial charge < -0.3 is 25.2 Å². The van der Waals surface area contributed by atoms with Crippen LogP contribution in [-0.4, -0.2) is 37.0 Å². The van der Waals surface area contributed by atoms with Crippen LogP contribution in [0.4, 0.5) is 11.4 Å². The first-order chi connectivity index (χ1) is 11.1. The number of nitrogens with zero attached hydrogens (tertiary/aromatic N) is 1. The number of ether oxygens (including phenoxy) is 1. The van der Waals surface area contributed by atoms with Gasteiger partial charge in [-0.05, 0) is 49.4 Å². The lowest BCUT2D eigenvalue weighted by molar-refractivity contribution is 0.304. The molecule has 5 heteroatoms. The van der Waals surface area contributed by atoms with Gasteiger partial charge in [0.1, 0.15) is 11.5 Å². The molecule has 0 aliphatic rings.